The van der Waals surface area contributed by atoms with Crippen molar-refractivity contribution in [1.82, 2.24) is 10.2 Å². The lowest BCUT2D eigenvalue weighted by Crippen LogP contribution is -2.42. The molecule has 0 heterocycles. The SMILES string of the molecule is CCCNC(C)CCN(C)C(C)(C)CC. The summed E-state index contributed by atoms with van der Waals surface area (Å²) in [5.41, 5.74) is 0.338. The monoisotopic (exact) mass is 214 g/mol. The highest BCUT2D eigenvalue weighted by atomic mass is 15.2. The van der Waals surface area contributed by atoms with Gasteiger partial charge in [0.15, 0.2) is 0 Å². The van der Waals surface area contributed by atoms with Crippen molar-refractivity contribution in [2.75, 3.05) is 20.1 Å². The summed E-state index contributed by atoms with van der Waals surface area (Å²) in [6.45, 7) is 13.7. The molecule has 0 radical (unpaired) electrons. The minimum atomic E-state index is 0.338. The molecule has 2 heteroatoms. The van der Waals surface area contributed by atoms with Crippen LogP contribution in [0.3, 0.4) is 0 Å². The van der Waals surface area contributed by atoms with Crippen LogP contribution >= 0.6 is 0 Å². The number of rotatable bonds is 8. The molecule has 0 saturated carbocycles. The van der Waals surface area contributed by atoms with Crippen LogP contribution in [0.15, 0.2) is 0 Å². The number of hydrogen-bond donors (Lipinski definition) is 1. The van der Waals surface area contributed by atoms with Crippen LogP contribution in [0, 0.1) is 0 Å². The Morgan fingerprint density at radius 3 is 2.33 bits per heavy atom. The predicted octanol–water partition coefficient (Wildman–Crippen LogP) is 2.89. The van der Waals surface area contributed by atoms with Gasteiger partial charge in [0.05, 0.1) is 0 Å². The van der Waals surface area contributed by atoms with Crippen molar-refractivity contribution in [1.29, 1.82) is 0 Å². The molecule has 0 aliphatic heterocycles. The molecule has 1 N–H and O–H groups in total. The van der Waals surface area contributed by atoms with E-state index in [9.17, 15) is 0 Å². The normalized spacial score (nSPS) is 14.6. The van der Waals surface area contributed by atoms with Crippen LogP contribution in [-0.4, -0.2) is 36.6 Å². The molecule has 0 aromatic carbocycles. The highest BCUT2D eigenvalue weighted by Gasteiger charge is 2.20. The Morgan fingerprint density at radius 2 is 1.87 bits per heavy atom. The smallest absolute Gasteiger partial charge is 0.0147 e. The Labute approximate surface area is 96.4 Å². The van der Waals surface area contributed by atoms with E-state index in [0.29, 0.717) is 11.6 Å². The van der Waals surface area contributed by atoms with Crippen molar-refractivity contribution in [3.63, 3.8) is 0 Å². The first-order chi connectivity index (χ1) is 6.94. The minimum absolute atomic E-state index is 0.338. The van der Waals surface area contributed by atoms with Gasteiger partial charge in [0.1, 0.15) is 0 Å². The lowest BCUT2D eigenvalue weighted by molar-refractivity contribution is 0.145. The van der Waals surface area contributed by atoms with Gasteiger partial charge < -0.3 is 10.2 Å². The minimum Gasteiger partial charge on any atom is -0.314 e. The van der Waals surface area contributed by atoms with E-state index >= 15 is 0 Å². The van der Waals surface area contributed by atoms with Crippen LogP contribution in [0.4, 0.5) is 0 Å². The molecule has 0 bridgehead atoms. The highest BCUT2D eigenvalue weighted by molar-refractivity contribution is 4.78. The van der Waals surface area contributed by atoms with Crippen LogP contribution in [0.25, 0.3) is 0 Å². The van der Waals surface area contributed by atoms with Gasteiger partial charge in [-0.3, -0.25) is 0 Å². The Hall–Kier alpha value is -0.0800. The van der Waals surface area contributed by atoms with Crippen molar-refractivity contribution in [2.45, 2.75) is 65.5 Å². The van der Waals surface area contributed by atoms with Gasteiger partial charge in [-0.1, -0.05) is 13.8 Å². The lowest BCUT2D eigenvalue weighted by atomic mass is 9.99. The molecule has 0 fully saturated rings. The van der Waals surface area contributed by atoms with E-state index in [4.69, 9.17) is 0 Å². The molecule has 15 heavy (non-hydrogen) atoms. The fraction of sp³-hybridized carbons (Fsp3) is 1.00. The molecule has 0 aromatic heterocycles. The summed E-state index contributed by atoms with van der Waals surface area (Å²) >= 11 is 0. The van der Waals surface area contributed by atoms with Gasteiger partial charge in [-0.2, -0.15) is 0 Å². The number of hydrogen-bond acceptors (Lipinski definition) is 2. The molecule has 2 nitrogen and oxygen atoms in total. The summed E-state index contributed by atoms with van der Waals surface area (Å²) in [6, 6.07) is 0.639. The van der Waals surface area contributed by atoms with Crippen LogP contribution in [-0.2, 0) is 0 Å². The standard InChI is InChI=1S/C13H30N2/c1-7-10-14-12(3)9-11-15(6)13(4,5)8-2/h12,14H,7-11H2,1-6H3. The topological polar surface area (TPSA) is 15.3 Å². The van der Waals surface area contributed by atoms with E-state index in [-0.39, 0.29) is 0 Å². The molecule has 0 spiro atoms. The summed E-state index contributed by atoms with van der Waals surface area (Å²) in [5.74, 6) is 0. The maximum atomic E-state index is 3.53. The lowest BCUT2D eigenvalue weighted by Gasteiger charge is -2.35. The van der Waals surface area contributed by atoms with E-state index in [1.807, 2.05) is 0 Å². The Morgan fingerprint density at radius 1 is 1.27 bits per heavy atom. The summed E-state index contributed by atoms with van der Waals surface area (Å²) in [4.78, 5) is 2.47. The Kier molecular flexibility index (Phi) is 7.20. The maximum absolute atomic E-state index is 3.53. The molecular formula is C13H30N2. The number of nitrogens with zero attached hydrogens (tertiary/aromatic N) is 1. The first-order valence-corrected chi connectivity index (χ1v) is 6.38. The van der Waals surface area contributed by atoms with Crippen LogP contribution < -0.4 is 5.32 Å². The first-order valence-electron chi connectivity index (χ1n) is 6.38. The molecule has 92 valence electrons. The van der Waals surface area contributed by atoms with Crippen LogP contribution in [0.2, 0.25) is 0 Å². The third kappa shape index (κ3) is 6.16. The zero-order valence-corrected chi connectivity index (χ0v) is 11.6. The van der Waals surface area contributed by atoms with Gasteiger partial charge in [0.25, 0.3) is 0 Å². The van der Waals surface area contributed by atoms with Gasteiger partial charge in [0, 0.05) is 11.6 Å². The number of nitrogens with one attached hydrogen (secondary N) is 1. The second-order valence-electron chi connectivity index (χ2n) is 5.23. The van der Waals surface area contributed by atoms with E-state index < -0.39 is 0 Å². The summed E-state index contributed by atoms with van der Waals surface area (Å²) < 4.78 is 0. The maximum Gasteiger partial charge on any atom is 0.0147 e. The molecule has 0 saturated heterocycles. The molecule has 1 atom stereocenters. The molecule has 0 amide bonds. The molecule has 0 rings (SSSR count). The van der Waals surface area contributed by atoms with Crippen LogP contribution in [0.5, 0.6) is 0 Å². The third-order valence-electron chi connectivity index (χ3n) is 3.54. The van der Waals surface area contributed by atoms with Gasteiger partial charge in [0.2, 0.25) is 0 Å². The van der Waals surface area contributed by atoms with Crippen molar-refractivity contribution in [3.8, 4) is 0 Å². The fourth-order valence-corrected chi connectivity index (χ4v) is 1.45. The second kappa shape index (κ2) is 7.24. The van der Waals surface area contributed by atoms with Crippen molar-refractivity contribution >= 4 is 0 Å². The summed E-state index contributed by atoms with van der Waals surface area (Å²) in [7, 11) is 2.23. The largest absolute Gasteiger partial charge is 0.314 e. The fourth-order valence-electron chi connectivity index (χ4n) is 1.45. The zero-order chi connectivity index (χ0) is 11.9. The van der Waals surface area contributed by atoms with Gasteiger partial charge in [-0.05, 0) is 60.2 Å². The average Bonchev–Trinajstić information content (AvgIpc) is 2.22. The van der Waals surface area contributed by atoms with Crippen molar-refractivity contribution in [2.24, 2.45) is 0 Å². The van der Waals surface area contributed by atoms with Gasteiger partial charge in [-0.25, -0.2) is 0 Å². The molecule has 1 unspecified atom stereocenters. The first kappa shape index (κ1) is 14.9. The molecule has 0 aliphatic carbocycles. The van der Waals surface area contributed by atoms with E-state index in [0.717, 1.165) is 6.54 Å². The predicted molar refractivity (Wildman–Crippen MR) is 69.4 cm³/mol. The zero-order valence-electron chi connectivity index (χ0n) is 11.6. The average molecular weight is 214 g/mol. The van der Waals surface area contributed by atoms with Crippen LogP contribution in [0.1, 0.15) is 53.9 Å². The molecule has 0 aliphatic rings. The summed E-state index contributed by atoms with van der Waals surface area (Å²) in [5, 5.41) is 3.53. The Bertz CT molecular complexity index is 155. The molecule has 0 aromatic rings. The van der Waals surface area contributed by atoms with Gasteiger partial charge in [-0.15, -0.1) is 0 Å². The van der Waals surface area contributed by atoms with Crippen molar-refractivity contribution in [3.05, 3.63) is 0 Å². The van der Waals surface area contributed by atoms with E-state index in [1.165, 1.54) is 25.8 Å². The molecular weight excluding hydrogens is 184 g/mol. The highest BCUT2D eigenvalue weighted by Crippen LogP contribution is 2.16. The van der Waals surface area contributed by atoms with E-state index in [1.54, 1.807) is 0 Å². The quantitative estimate of drug-likeness (QED) is 0.668. The van der Waals surface area contributed by atoms with E-state index in [2.05, 4.69) is 51.9 Å². The van der Waals surface area contributed by atoms with Crippen molar-refractivity contribution < 1.29 is 0 Å². The summed E-state index contributed by atoms with van der Waals surface area (Å²) in [6.07, 6.45) is 3.67. The van der Waals surface area contributed by atoms with Gasteiger partial charge >= 0.3 is 0 Å². The Balaban J connectivity index is 3.74. The second-order valence-corrected chi connectivity index (χ2v) is 5.23. The third-order valence-corrected chi connectivity index (χ3v) is 3.54.